The molecular weight excluding hydrogens is 332 g/mol. The minimum Gasteiger partial charge on any atom is -0.384 e. The summed E-state index contributed by atoms with van der Waals surface area (Å²) in [6.07, 6.45) is 3.80. The maximum atomic E-state index is 5.82. The molecule has 7 heteroatoms. The topological polar surface area (TPSA) is 64.7 Å². The first kappa shape index (κ1) is 15.3. The van der Waals surface area contributed by atoms with Crippen LogP contribution in [0.15, 0.2) is 51.4 Å². The van der Waals surface area contributed by atoms with E-state index in [1.165, 1.54) is 5.56 Å². The average Bonchev–Trinajstić information content (AvgIpc) is 3.07. The second-order valence-corrected chi connectivity index (χ2v) is 6.98. The Bertz CT molecular complexity index is 759. The van der Waals surface area contributed by atoms with Crippen molar-refractivity contribution in [3.8, 4) is 11.3 Å². The number of nitrogens with zero attached hydrogens (tertiary/aromatic N) is 3. The summed E-state index contributed by atoms with van der Waals surface area (Å²) in [7, 11) is 0. The minimum absolute atomic E-state index is 0.506. The highest BCUT2D eigenvalue weighted by atomic mass is 32.2. The van der Waals surface area contributed by atoms with Crippen molar-refractivity contribution >= 4 is 40.7 Å². The van der Waals surface area contributed by atoms with Crippen LogP contribution in [-0.4, -0.2) is 21.2 Å². The molecule has 0 bridgehead atoms. The van der Waals surface area contributed by atoms with Crippen LogP contribution in [0.25, 0.3) is 11.3 Å². The summed E-state index contributed by atoms with van der Waals surface area (Å²) in [6, 6.07) is 7.92. The van der Waals surface area contributed by atoms with E-state index < -0.39 is 0 Å². The van der Waals surface area contributed by atoms with E-state index in [4.69, 9.17) is 5.73 Å². The van der Waals surface area contributed by atoms with Crippen LogP contribution in [0, 0.1) is 0 Å². The van der Waals surface area contributed by atoms with E-state index in [0.717, 1.165) is 22.0 Å². The predicted octanol–water partition coefficient (Wildman–Crippen LogP) is 4.20. The zero-order chi connectivity index (χ0) is 15.4. The van der Waals surface area contributed by atoms with Crippen LogP contribution in [0.3, 0.4) is 0 Å². The van der Waals surface area contributed by atoms with Crippen LogP contribution in [0.4, 0.5) is 5.82 Å². The second kappa shape index (κ2) is 7.13. The van der Waals surface area contributed by atoms with Gasteiger partial charge in [-0.3, -0.25) is 4.98 Å². The van der Waals surface area contributed by atoms with Gasteiger partial charge in [0.2, 0.25) is 0 Å². The normalized spacial score (nSPS) is 10.8. The SMILES string of the molecule is CSc1cc(N)nc(SCc2cccnc2-c2ccsc2)n1. The van der Waals surface area contributed by atoms with Gasteiger partial charge in [0, 0.05) is 29.0 Å². The summed E-state index contributed by atoms with van der Waals surface area (Å²) in [6.45, 7) is 0. The smallest absolute Gasteiger partial charge is 0.190 e. The molecule has 112 valence electrons. The van der Waals surface area contributed by atoms with Crippen molar-refractivity contribution in [3.05, 3.63) is 46.8 Å². The third-order valence-electron chi connectivity index (χ3n) is 2.95. The number of rotatable bonds is 5. The van der Waals surface area contributed by atoms with E-state index >= 15 is 0 Å². The van der Waals surface area contributed by atoms with E-state index in [9.17, 15) is 0 Å². The lowest BCUT2D eigenvalue weighted by atomic mass is 10.1. The third kappa shape index (κ3) is 3.60. The molecule has 0 aliphatic carbocycles. The average molecular weight is 347 g/mol. The number of hydrogen-bond donors (Lipinski definition) is 1. The molecule has 0 atom stereocenters. The number of aromatic nitrogens is 3. The number of pyridine rings is 1. The Hall–Kier alpha value is -1.57. The lowest BCUT2D eigenvalue weighted by Crippen LogP contribution is -1.97. The summed E-state index contributed by atoms with van der Waals surface area (Å²) in [5.41, 5.74) is 9.16. The van der Waals surface area contributed by atoms with Gasteiger partial charge in [-0.2, -0.15) is 11.3 Å². The van der Waals surface area contributed by atoms with Crippen molar-refractivity contribution in [2.24, 2.45) is 0 Å². The van der Waals surface area contributed by atoms with Gasteiger partial charge < -0.3 is 5.73 Å². The summed E-state index contributed by atoms with van der Waals surface area (Å²) in [5, 5.41) is 5.76. The van der Waals surface area contributed by atoms with E-state index in [2.05, 4.69) is 37.8 Å². The quantitative estimate of drug-likeness (QED) is 0.424. The molecule has 0 spiro atoms. The summed E-state index contributed by atoms with van der Waals surface area (Å²) in [5.74, 6) is 1.27. The molecule has 3 aromatic rings. The lowest BCUT2D eigenvalue weighted by molar-refractivity contribution is 0.900. The molecule has 0 saturated carbocycles. The molecule has 4 nitrogen and oxygen atoms in total. The lowest BCUT2D eigenvalue weighted by Gasteiger charge is -2.07. The van der Waals surface area contributed by atoms with Crippen molar-refractivity contribution in [2.45, 2.75) is 15.9 Å². The minimum atomic E-state index is 0.506. The van der Waals surface area contributed by atoms with E-state index in [0.29, 0.717) is 11.0 Å². The highest BCUT2D eigenvalue weighted by molar-refractivity contribution is 7.99. The molecule has 0 amide bonds. The molecule has 0 aliphatic rings. The maximum Gasteiger partial charge on any atom is 0.190 e. The first-order chi connectivity index (χ1) is 10.8. The van der Waals surface area contributed by atoms with Crippen LogP contribution in [0.1, 0.15) is 5.56 Å². The first-order valence-corrected chi connectivity index (χ1v) is 9.69. The Kier molecular flexibility index (Phi) is 4.97. The molecular formula is C15H14N4S3. The van der Waals surface area contributed by atoms with Gasteiger partial charge in [0.1, 0.15) is 10.8 Å². The van der Waals surface area contributed by atoms with Gasteiger partial charge in [0.05, 0.1) is 5.69 Å². The summed E-state index contributed by atoms with van der Waals surface area (Å²) >= 11 is 4.81. The summed E-state index contributed by atoms with van der Waals surface area (Å²) < 4.78 is 0. The molecule has 22 heavy (non-hydrogen) atoms. The number of hydrogen-bond acceptors (Lipinski definition) is 7. The van der Waals surface area contributed by atoms with E-state index in [-0.39, 0.29) is 0 Å². The molecule has 3 heterocycles. The zero-order valence-electron chi connectivity index (χ0n) is 11.9. The van der Waals surface area contributed by atoms with E-state index in [1.807, 2.05) is 18.5 Å². The highest BCUT2D eigenvalue weighted by Crippen LogP contribution is 2.29. The summed E-state index contributed by atoms with van der Waals surface area (Å²) in [4.78, 5) is 13.3. The number of nitrogens with two attached hydrogens (primary N) is 1. The van der Waals surface area contributed by atoms with Gasteiger partial charge in [0.25, 0.3) is 0 Å². The monoisotopic (exact) mass is 346 g/mol. The fourth-order valence-electron chi connectivity index (χ4n) is 1.95. The Morgan fingerprint density at radius 1 is 1.27 bits per heavy atom. The van der Waals surface area contributed by atoms with Crippen LogP contribution in [0.2, 0.25) is 0 Å². The maximum absolute atomic E-state index is 5.82. The predicted molar refractivity (Wildman–Crippen MR) is 95.3 cm³/mol. The van der Waals surface area contributed by atoms with Gasteiger partial charge in [-0.15, -0.1) is 11.8 Å². The van der Waals surface area contributed by atoms with Gasteiger partial charge >= 0.3 is 0 Å². The molecule has 0 radical (unpaired) electrons. The number of nitrogen functional groups attached to an aromatic ring is 1. The van der Waals surface area contributed by atoms with Crippen LogP contribution in [-0.2, 0) is 5.75 Å². The van der Waals surface area contributed by atoms with Crippen LogP contribution in [0.5, 0.6) is 0 Å². The second-order valence-electron chi connectivity index (χ2n) is 4.43. The third-order valence-corrected chi connectivity index (χ3v) is 5.16. The molecule has 3 aromatic heterocycles. The molecule has 0 unspecified atom stereocenters. The van der Waals surface area contributed by atoms with Crippen molar-refractivity contribution < 1.29 is 0 Å². The Morgan fingerprint density at radius 3 is 2.95 bits per heavy atom. The zero-order valence-corrected chi connectivity index (χ0v) is 14.3. The largest absolute Gasteiger partial charge is 0.384 e. The molecule has 0 fully saturated rings. The molecule has 0 saturated heterocycles. The van der Waals surface area contributed by atoms with Crippen molar-refractivity contribution in [2.75, 3.05) is 12.0 Å². The highest BCUT2D eigenvalue weighted by Gasteiger charge is 2.09. The van der Waals surface area contributed by atoms with Crippen molar-refractivity contribution in [1.82, 2.24) is 15.0 Å². The van der Waals surface area contributed by atoms with Crippen molar-refractivity contribution in [1.29, 1.82) is 0 Å². The first-order valence-electron chi connectivity index (χ1n) is 6.54. The Labute approximate surface area is 141 Å². The van der Waals surface area contributed by atoms with Gasteiger partial charge in [0.15, 0.2) is 5.16 Å². The number of thioether (sulfide) groups is 2. The molecule has 2 N–H and O–H groups in total. The van der Waals surface area contributed by atoms with Crippen LogP contribution >= 0.6 is 34.9 Å². The standard InChI is InChI=1S/C15H14N4S3/c1-20-13-7-12(16)18-15(19-13)22-9-10-3-2-5-17-14(10)11-4-6-21-8-11/h2-8H,9H2,1H3,(H2,16,18,19). The van der Waals surface area contributed by atoms with Gasteiger partial charge in [-0.25, -0.2) is 9.97 Å². The van der Waals surface area contributed by atoms with Crippen LogP contribution < -0.4 is 5.73 Å². The van der Waals surface area contributed by atoms with Gasteiger partial charge in [-0.05, 0) is 29.3 Å². The fourth-order valence-corrected chi connectivity index (χ4v) is 3.91. The molecule has 0 aliphatic heterocycles. The van der Waals surface area contributed by atoms with Gasteiger partial charge in [-0.1, -0.05) is 17.8 Å². The molecule has 3 rings (SSSR count). The number of anilines is 1. The number of thiophene rings is 1. The Balaban J connectivity index is 1.81. The fraction of sp³-hybridized carbons (Fsp3) is 0.133. The van der Waals surface area contributed by atoms with Crippen molar-refractivity contribution in [3.63, 3.8) is 0 Å². The Morgan fingerprint density at radius 2 is 2.18 bits per heavy atom. The molecule has 0 aromatic carbocycles. The van der Waals surface area contributed by atoms with E-state index in [1.54, 1.807) is 40.9 Å².